The third kappa shape index (κ3) is 4.41. The molecule has 0 aliphatic heterocycles. The fourth-order valence-corrected chi connectivity index (χ4v) is 11.5. The predicted molar refractivity (Wildman–Crippen MR) is 174 cm³/mol. The lowest BCUT2D eigenvalue weighted by Gasteiger charge is -2.70. The minimum absolute atomic E-state index is 0.0598. The van der Waals surface area contributed by atoms with Crippen molar-refractivity contribution in [1.82, 2.24) is 5.32 Å². The number of Topliss-reactive ketones (excluding diaryl/α,β-unsaturated/α-hetero) is 1. The molecule has 0 saturated heterocycles. The van der Waals surface area contributed by atoms with E-state index in [2.05, 4.69) is 72.0 Å². The first-order valence-corrected chi connectivity index (χ1v) is 17.2. The van der Waals surface area contributed by atoms with Crippen molar-refractivity contribution in [2.75, 3.05) is 13.7 Å². The van der Waals surface area contributed by atoms with Crippen LogP contribution in [0.1, 0.15) is 112 Å². The van der Waals surface area contributed by atoms with E-state index in [-0.39, 0.29) is 56.5 Å². The molecule has 1 amide bonds. The van der Waals surface area contributed by atoms with Gasteiger partial charge in [-0.1, -0.05) is 66.2 Å². The maximum atomic E-state index is 14.5. The molecule has 0 heterocycles. The lowest BCUT2D eigenvalue weighted by atomic mass is 9.33. The van der Waals surface area contributed by atoms with Gasteiger partial charge in [0.1, 0.15) is 11.5 Å². The molecule has 1 aromatic rings. The molecule has 8 atom stereocenters. The summed E-state index contributed by atoms with van der Waals surface area (Å²) in [5.74, 6) is 2.05. The topological polar surface area (TPSA) is 72.5 Å². The maximum absolute atomic E-state index is 14.5. The predicted octanol–water partition coefficient (Wildman–Crippen LogP) is 7.90. The number of ether oxygens (including phenoxy) is 1. The molecule has 0 bridgehead atoms. The summed E-state index contributed by atoms with van der Waals surface area (Å²) in [5, 5.41) is 3.28. The molecular formula is C39H55NO4. The molecule has 6 rings (SSSR count). The average Bonchev–Trinajstić information content (AvgIpc) is 2.97. The molecule has 4 saturated carbocycles. The summed E-state index contributed by atoms with van der Waals surface area (Å²) in [5.41, 5.74) is 1.39. The number of nitrogens with one attached hydrogen (secondary N) is 1. The van der Waals surface area contributed by atoms with Gasteiger partial charge < -0.3 is 10.1 Å². The van der Waals surface area contributed by atoms with Crippen LogP contribution in [0.25, 0.3) is 0 Å². The van der Waals surface area contributed by atoms with E-state index < -0.39 is 5.41 Å². The largest absolute Gasteiger partial charge is 0.497 e. The van der Waals surface area contributed by atoms with Crippen molar-refractivity contribution in [2.24, 2.45) is 50.2 Å². The Labute approximate surface area is 265 Å². The monoisotopic (exact) mass is 601 g/mol. The standard InChI is InChI=1S/C39H55NO4/c1-34(2)30-13-17-39(7)32(37(30,5)16-14-31(34)42)29(41)23-27-28-24-36(4,19-18-35(28,3)20-21-38(27,39)6)33(43)40-22-15-25-9-11-26(44-8)12-10-25/h9-12,23,28,30,32H,13-22,24H2,1-8H3,(H,40,43)/t28-,30-,32+,35+,36-,37-,38+,39+/m0/s1. The van der Waals surface area contributed by atoms with Gasteiger partial charge in [-0.2, -0.15) is 0 Å². The second-order valence-corrected chi connectivity index (χ2v) is 17.3. The van der Waals surface area contributed by atoms with Gasteiger partial charge in [0, 0.05) is 29.7 Å². The van der Waals surface area contributed by atoms with Gasteiger partial charge in [-0.15, -0.1) is 0 Å². The van der Waals surface area contributed by atoms with Gasteiger partial charge in [0.15, 0.2) is 5.78 Å². The van der Waals surface area contributed by atoms with Crippen LogP contribution >= 0.6 is 0 Å². The van der Waals surface area contributed by atoms with Crippen molar-refractivity contribution in [2.45, 2.75) is 113 Å². The molecule has 240 valence electrons. The zero-order chi connectivity index (χ0) is 31.9. The minimum atomic E-state index is -0.457. The third-order valence-corrected chi connectivity index (χ3v) is 14.7. The summed E-state index contributed by atoms with van der Waals surface area (Å²) in [6, 6.07) is 8.04. The normalized spacial score (nSPS) is 42.6. The Morgan fingerprint density at radius 3 is 2.27 bits per heavy atom. The molecule has 1 aromatic carbocycles. The van der Waals surface area contributed by atoms with Gasteiger partial charge in [0.25, 0.3) is 0 Å². The molecule has 1 N–H and O–H groups in total. The number of hydrogen-bond donors (Lipinski definition) is 1. The highest BCUT2D eigenvalue weighted by Gasteiger charge is 2.70. The second kappa shape index (κ2) is 10.3. The van der Waals surface area contributed by atoms with Gasteiger partial charge in [-0.3, -0.25) is 14.4 Å². The van der Waals surface area contributed by atoms with Crippen molar-refractivity contribution < 1.29 is 19.1 Å². The Hall–Kier alpha value is -2.43. The van der Waals surface area contributed by atoms with Crippen LogP contribution in [0.15, 0.2) is 35.9 Å². The summed E-state index contributed by atoms with van der Waals surface area (Å²) in [4.78, 5) is 41.4. The SMILES string of the molecule is COc1ccc(CCNC(=O)[C@@]2(C)CC[C@]3(C)CC[C@]4(C)C(=CC(=O)[C@@H]5[C@@]6(C)CCC(=O)C(C)(C)[C@@H]6CC[C@]54C)[C@@H]3C2)cc1. The maximum Gasteiger partial charge on any atom is 0.225 e. The van der Waals surface area contributed by atoms with E-state index >= 15 is 0 Å². The average molecular weight is 602 g/mol. The number of amides is 1. The number of ketones is 2. The van der Waals surface area contributed by atoms with Crippen LogP contribution in [0, 0.1) is 50.2 Å². The van der Waals surface area contributed by atoms with Crippen molar-refractivity contribution >= 4 is 17.5 Å². The van der Waals surface area contributed by atoms with Crippen LogP contribution in [-0.2, 0) is 20.8 Å². The Bertz CT molecular complexity index is 1390. The van der Waals surface area contributed by atoms with Crippen LogP contribution in [0.3, 0.4) is 0 Å². The molecule has 0 spiro atoms. The number of benzene rings is 1. The van der Waals surface area contributed by atoms with Gasteiger partial charge in [-0.05, 0) is 115 Å². The number of fused-ring (bicyclic) bond motifs is 7. The molecule has 5 heteroatoms. The molecule has 0 radical (unpaired) electrons. The molecule has 4 fully saturated rings. The van der Waals surface area contributed by atoms with E-state index in [1.807, 2.05) is 12.1 Å². The highest BCUT2D eigenvalue weighted by molar-refractivity contribution is 5.96. The Morgan fingerprint density at radius 2 is 1.59 bits per heavy atom. The Balaban J connectivity index is 1.26. The lowest BCUT2D eigenvalue weighted by molar-refractivity contribution is -0.187. The minimum Gasteiger partial charge on any atom is -0.497 e. The first-order valence-electron chi connectivity index (χ1n) is 17.2. The van der Waals surface area contributed by atoms with Crippen molar-refractivity contribution in [3.63, 3.8) is 0 Å². The number of rotatable bonds is 5. The van der Waals surface area contributed by atoms with Crippen LogP contribution in [-0.4, -0.2) is 31.1 Å². The quantitative estimate of drug-likeness (QED) is 0.372. The smallest absolute Gasteiger partial charge is 0.225 e. The molecule has 5 aliphatic rings. The zero-order valence-electron chi connectivity index (χ0n) is 28.5. The second-order valence-electron chi connectivity index (χ2n) is 17.3. The highest BCUT2D eigenvalue weighted by atomic mass is 16.5. The fourth-order valence-electron chi connectivity index (χ4n) is 11.5. The van der Waals surface area contributed by atoms with E-state index in [1.54, 1.807) is 7.11 Å². The van der Waals surface area contributed by atoms with Crippen molar-refractivity contribution in [3.05, 3.63) is 41.5 Å². The molecule has 5 aliphatic carbocycles. The molecule has 5 nitrogen and oxygen atoms in total. The molecule has 0 unspecified atom stereocenters. The molecular weight excluding hydrogens is 546 g/mol. The Morgan fingerprint density at radius 1 is 0.909 bits per heavy atom. The van der Waals surface area contributed by atoms with Gasteiger partial charge >= 0.3 is 0 Å². The van der Waals surface area contributed by atoms with Gasteiger partial charge in [0.05, 0.1) is 7.11 Å². The number of methoxy groups -OCH3 is 1. The van der Waals surface area contributed by atoms with Gasteiger partial charge in [0.2, 0.25) is 5.91 Å². The molecule has 0 aromatic heterocycles. The van der Waals surface area contributed by atoms with E-state index in [4.69, 9.17) is 4.74 Å². The van der Waals surface area contributed by atoms with Crippen LogP contribution < -0.4 is 10.1 Å². The number of hydrogen-bond acceptors (Lipinski definition) is 4. The number of carbonyl (C=O) groups excluding carboxylic acids is 3. The summed E-state index contributed by atoms with van der Waals surface area (Å²) in [7, 11) is 1.67. The third-order valence-electron chi connectivity index (χ3n) is 14.7. The summed E-state index contributed by atoms with van der Waals surface area (Å²) >= 11 is 0. The van der Waals surface area contributed by atoms with Crippen molar-refractivity contribution in [1.29, 1.82) is 0 Å². The summed E-state index contributed by atoms with van der Waals surface area (Å²) < 4.78 is 5.28. The lowest BCUT2D eigenvalue weighted by Crippen LogP contribution is -2.66. The van der Waals surface area contributed by atoms with Crippen molar-refractivity contribution in [3.8, 4) is 5.75 Å². The van der Waals surface area contributed by atoms with E-state index in [9.17, 15) is 14.4 Å². The van der Waals surface area contributed by atoms with E-state index in [0.29, 0.717) is 18.7 Å². The highest BCUT2D eigenvalue weighted by Crippen LogP contribution is 2.74. The number of carbonyl (C=O) groups is 3. The fraction of sp³-hybridized carbons (Fsp3) is 0.718. The first-order chi connectivity index (χ1) is 20.5. The van der Waals surface area contributed by atoms with E-state index in [1.165, 1.54) is 11.1 Å². The van der Waals surface area contributed by atoms with E-state index in [0.717, 1.165) is 63.5 Å². The van der Waals surface area contributed by atoms with Crippen LogP contribution in [0.2, 0.25) is 0 Å². The summed E-state index contributed by atoms with van der Waals surface area (Å²) in [6.45, 7) is 16.7. The summed E-state index contributed by atoms with van der Waals surface area (Å²) in [6.07, 6.45) is 11.2. The molecule has 44 heavy (non-hydrogen) atoms. The zero-order valence-corrected chi connectivity index (χ0v) is 28.5. The first kappa shape index (κ1) is 31.5. The van der Waals surface area contributed by atoms with Crippen LogP contribution in [0.4, 0.5) is 0 Å². The van der Waals surface area contributed by atoms with Gasteiger partial charge in [-0.25, -0.2) is 0 Å². The number of allylic oxidation sites excluding steroid dienone is 2. The Kier molecular flexibility index (Phi) is 7.38. The van der Waals surface area contributed by atoms with Crippen LogP contribution in [0.5, 0.6) is 5.75 Å².